The number of hydrogen-bond donors (Lipinski definition) is 0. The molecule has 21 heavy (non-hydrogen) atoms. The minimum atomic E-state index is -1.60. The summed E-state index contributed by atoms with van der Waals surface area (Å²) in [6, 6.07) is 1.34. The molecular weight excluding hydrogens is 305 g/mol. The number of aryl methyl sites for hydroxylation is 2. The van der Waals surface area contributed by atoms with E-state index < -0.39 is 23.2 Å². The molecule has 1 aromatic carbocycles. The number of carbonyl (C=O) groups excluding carboxylic acids is 1. The fraction of sp³-hybridized carbons (Fsp3) is 0.286. The van der Waals surface area contributed by atoms with Gasteiger partial charge < -0.3 is 0 Å². The summed E-state index contributed by atoms with van der Waals surface area (Å²) in [5, 5.41) is 4.51. The third kappa shape index (κ3) is 2.95. The average molecular weight is 317 g/mol. The molecule has 0 N–H and O–H groups in total. The maximum absolute atomic E-state index is 13.1. The first-order chi connectivity index (χ1) is 9.85. The Labute approximate surface area is 124 Å². The Bertz CT molecular complexity index is 689. The van der Waals surface area contributed by atoms with Gasteiger partial charge in [-0.15, -0.1) is 0 Å². The van der Waals surface area contributed by atoms with Gasteiger partial charge >= 0.3 is 0 Å². The Morgan fingerprint density at radius 2 is 1.86 bits per heavy atom. The summed E-state index contributed by atoms with van der Waals surface area (Å²) in [4.78, 5) is 12.1. The van der Waals surface area contributed by atoms with Crippen molar-refractivity contribution in [1.82, 2.24) is 9.78 Å². The van der Waals surface area contributed by atoms with E-state index in [2.05, 4.69) is 5.10 Å². The number of carbonyl (C=O) groups is 1. The van der Waals surface area contributed by atoms with Gasteiger partial charge in [-0.05, 0) is 18.6 Å². The minimum Gasteiger partial charge on any atom is -0.294 e. The second-order valence-electron chi connectivity index (χ2n) is 4.54. The van der Waals surface area contributed by atoms with Crippen molar-refractivity contribution < 1.29 is 18.0 Å². The van der Waals surface area contributed by atoms with Gasteiger partial charge in [0, 0.05) is 12.6 Å². The molecule has 1 aromatic heterocycles. The van der Waals surface area contributed by atoms with Crippen LogP contribution >= 0.6 is 11.6 Å². The van der Waals surface area contributed by atoms with Crippen molar-refractivity contribution in [2.24, 2.45) is 7.05 Å². The van der Waals surface area contributed by atoms with Crippen LogP contribution in [0.15, 0.2) is 12.1 Å². The molecule has 0 saturated heterocycles. The third-order valence-electron chi connectivity index (χ3n) is 3.14. The normalized spacial score (nSPS) is 11.0. The molecule has 0 spiro atoms. The molecule has 2 rings (SSSR count). The topological polar surface area (TPSA) is 34.9 Å². The van der Waals surface area contributed by atoms with Crippen molar-refractivity contribution in [3.63, 3.8) is 0 Å². The van der Waals surface area contributed by atoms with Crippen molar-refractivity contribution in [3.8, 4) is 0 Å². The lowest BCUT2D eigenvalue weighted by molar-refractivity contribution is 0.0989. The maximum atomic E-state index is 13.1. The van der Waals surface area contributed by atoms with E-state index in [9.17, 15) is 18.0 Å². The van der Waals surface area contributed by atoms with Crippen molar-refractivity contribution in [2.75, 3.05) is 0 Å². The minimum absolute atomic E-state index is 0.174. The quantitative estimate of drug-likeness (QED) is 0.639. The molecule has 7 heteroatoms. The highest BCUT2D eigenvalue weighted by Gasteiger charge is 2.19. The van der Waals surface area contributed by atoms with Crippen LogP contribution < -0.4 is 0 Å². The molecular formula is C14H12ClF3N2O. The number of hydrogen-bond acceptors (Lipinski definition) is 2. The number of benzene rings is 1. The Morgan fingerprint density at radius 3 is 2.33 bits per heavy atom. The predicted molar refractivity (Wildman–Crippen MR) is 71.9 cm³/mol. The first-order valence-electron chi connectivity index (χ1n) is 6.23. The first-order valence-corrected chi connectivity index (χ1v) is 6.60. The van der Waals surface area contributed by atoms with Crippen molar-refractivity contribution in [1.29, 1.82) is 0 Å². The zero-order valence-electron chi connectivity index (χ0n) is 11.4. The highest BCUT2D eigenvalue weighted by atomic mass is 35.5. The summed E-state index contributed by atoms with van der Waals surface area (Å²) >= 11 is 6.11. The Hall–Kier alpha value is -1.82. The van der Waals surface area contributed by atoms with Crippen LogP contribution in [0.3, 0.4) is 0 Å². The lowest BCUT2D eigenvalue weighted by atomic mass is 10.1. The van der Waals surface area contributed by atoms with Crippen LogP contribution in [0.5, 0.6) is 0 Å². The van der Waals surface area contributed by atoms with E-state index in [0.29, 0.717) is 35.0 Å². The molecule has 0 amide bonds. The standard InChI is InChI=1S/C14H12ClF3N2O/c1-3-10-13(15)11(20(2)19-10)6-12(21)7-4-8(16)14(18)9(17)5-7/h4-5H,3,6H2,1-2H3. The van der Waals surface area contributed by atoms with Gasteiger partial charge in [0.05, 0.1) is 22.8 Å². The SMILES string of the molecule is CCc1nn(C)c(CC(=O)c2cc(F)c(F)c(F)c2)c1Cl. The molecule has 0 aliphatic heterocycles. The van der Waals surface area contributed by atoms with E-state index in [4.69, 9.17) is 11.6 Å². The van der Waals surface area contributed by atoms with Crippen LogP contribution in [-0.4, -0.2) is 15.6 Å². The summed E-state index contributed by atoms with van der Waals surface area (Å²) in [7, 11) is 1.62. The van der Waals surface area contributed by atoms with E-state index in [0.717, 1.165) is 0 Å². The van der Waals surface area contributed by atoms with E-state index in [1.807, 2.05) is 6.92 Å². The highest BCUT2D eigenvalue weighted by molar-refractivity contribution is 6.32. The molecule has 0 fully saturated rings. The summed E-state index contributed by atoms with van der Waals surface area (Å²) in [5.74, 6) is -4.97. The van der Waals surface area contributed by atoms with Gasteiger partial charge in [-0.3, -0.25) is 9.48 Å². The number of rotatable bonds is 4. The third-order valence-corrected chi connectivity index (χ3v) is 3.57. The summed E-state index contributed by atoms with van der Waals surface area (Å²) in [6.45, 7) is 1.87. The number of halogens is 4. The molecule has 1 heterocycles. The Balaban J connectivity index is 2.33. The van der Waals surface area contributed by atoms with Crippen LogP contribution in [0.4, 0.5) is 13.2 Å². The van der Waals surface area contributed by atoms with Gasteiger partial charge in [0.1, 0.15) is 0 Å². The van der Waals surface area contributed by atoms with Crippen molar-refractivity contribution in [3.05, 3.63) is 51.6 Å². The zero-order chi connectivity index (χ0) is 15.7. The zero-order valence-corrected chi connectivity index (χ0v) is 12.1. The largest absolute Gasteiger partial charge is 0.294 e. The van der Waals surface area contributed by atoms with Crippen molar-refractivity contribution >= 4 is 17.4 Å². The van der Waals surface area contributed by atoms with Gasteiger partial charge in [-0.1, -0.05) is 18.5 Å². The molecule has 0 aliphatic rings. The van der Waals surface area contributed by atoms with E-state index in [1.54, 1.807) is 7.05 Å². The van der Waals surface area contributed by atoms with Crippen LogP contribution in [0, 0.1) is 17.5 Å². The van der Waals surface area contributed by atoms with Gasteiger partial charge in [0.2, 0.25) is 0 Å². The van der Waals surface area contributed by atoms with E-state index in [-0.39, 0.29) is 12.0 Å². The Morgan fingerprint density at radius 1 is 1.29 bits per heavy atom. The van der Waals surface area contributed by atoms with Crippen LogP contribution in [-0.2, 0) is 19.9 Å². The summed E-state index contributed by atoms with van der Waals surface area (Å²) in [6.07, 6.45) is 0.424. The molecule has 0 unspecified atom stereocenters. The monoisotopic (exact) mass is 316 g/mol. The summed E-state index contributed by atoms with van der Waals surface area (Å²) in [5.41, 5.74) is 0.837. The molecule has 0 saturated carbocycles. The molecule has 3 nitrogen and oxygen atoms in total. The van der Waals surface area contributed by atoms with Gasteiger partial charge in [0.25, 0.3) is 0 Å². The molecule has 0 aliphatic carbocycles. The lowest BCUT2D eigenvalue weighted by Gasteiger charge is -2.04. The summed E-state index contributed by atoms with van der Waals surface area (Å²) < 4.78 is 40.6. The molecule has 0 bridgehead atoms. The second kappa shape index (κ2) is 5.89. The fourth-order valence-corrected chi connectivity index (χ4v) is 2.34. The van der Waals surface area contributed by atoms with E-state index >= 15 is 0 Å². The van der Waals surface area contributed by atoms with Gasteiger partial charge in [-0.2, -0.15) is 5.10 Å². The number of Topliss-reactive ketones (excluding diaryl/α,β-unsaturated/α-hetero) is 1. The highest BCUT2D eigenvalue weighted by Crippen LogP contribution is 2.23. The molecule has 112 valence electrons. The second-order valence-corrected chi connectivity index (χ2v) is 4.92. The number of nitrogens with zero attached hydrogens (tertiary/aromatic N) is 2. The van der Waals surface area contributed by atoms with Crippen LogP contribution in [0.1, 0.15) is 28.7 Å². The van der Waals surface area contributed by atoms with Gasteiger partial charge in [0.15, 0.2) is 23.2 Å². The van der Waals surface area contributed by atoms with Crippen LogP contribution in [0.2, 0.25) is 5.02 Å². The fourth-order valence-electron chi connectivity index (χ4n) is 1.98. The average Bonchev–Trinajstić information content (AvgIpc) is 2.71. The smallest absolute Gasteiger partial charge is 0.194 e. The lowest BCUT2D eigenvalue weighted by Crippen LogP contribution is -2.10. The number of ketones is 1. The molecule has 0 radical (unpaired) electrons. The number of aromatic nitrogens is 2. The Kier molecular flexibility index (Phi) is 4.37. The van der Waals surface area contributed by atoms with Crippen LogP contribution in [0.25, 0.3) is 0 Å². The molecule has 0 atom stereocenters. The first kappa shape index (κ1) is 15.6. The van der Waals surface area contributed by atoms with Crippen molar-refractivity contribution in [2.45, 2.75) is 19.8 Å². The van der Waals surface area contributed by atoms with E-state index in [1.165, 1.54) is 4.68 Å². The molecule has 2 aromatic rings. The predicted octanol–water partition coefficient (Wildman–Crippen LogP) is 3.48. The van der Waals surface area contributed by atoms with Gasteiger partial charge in [-0.25, -0.2) is 13.2 Å². The maximum Gasteiger partial charge on any atom is 0.194 e.